The summed E-state index contributed by atoms with van der Waals surface area (Å²) in [5, 5.41) is 4.29. The smallest absolute Gasteiger partial charge is 0.265 e. The van der Waals surface area contributed by atoms with Crippen molar-refractivity contribution in [1.82, 2.24) is 10.3 Å². The number of H-pyrrole nitrogens is 1. The van der Waals surface area contributed by atoms with Crippen LogP contribution < -0.4 is 11.1 Å². The van der Waals surface area contributed by atoms with Crippen LogP contribution in [0.15, 0.2) is 30.3 Å². The SMILES string of the molecule is C1CCNCC1.NC(=O)c1cc2ccccc2[nH]1. The van der Waals surface area contributed by atoms with Crippen molar-refractivity contribution in [1.29, 1.82) is 0 Å². The first-order chi connectivity index (χ1) is 8.77. The molecule has 1 amide bonds. The van der Waals surface area contributed by atoms with Crippen LogP contribution in [0.25, 0.3) is 10.9 Å². The number of aromatic amines is 1. The Kier molecular flexibility index (Phi) is 4.36. The van der Waals surface area contributed by atoms with E-state index in [9.17, 15) is 4.79 Å². The summed E-state index contributed by atoms with van der Waals surface area (Å²) in [5.41, 5.74) is 6.50. The Balaban J connectivity index is 0.000000169. The van der Waals surface area contributed by atoms with Crippen LogP contribution in [0.1, 0.15) is 29.8 Å². The Morgan fingerprint density at radius 2 is 1.83 bits per heavy atom. The van der Waals surface area contributed by atoms with Crippen LogP contribution in [0.3, 0.4) is 0 Å². The lowest BCUT2D eigenvalue weighted by molar-refractivity contribution is 0.0996. The highest BCUT2D eigenvalue weighted by Crippen LogP contribution is 2.13. The second kappa shape index (κ2) is 6.21. The topological polar surface area (TPSA) is 70.9 Å². The van der Waals surface area contributed by atoms with Crippen LogP contribution in [-0.4, -0.2) is 24.0 Å². The number of aromatic nitrogens is 1. The number of carbonyl (C=O) groups is 1. The van der Waals surface area contributed by atoms with Crippen molar-refractivity contribution < 1.29 is 4.79 Å². The van der Waals surface area contributed by atoms with Crippen LogP contribution in [0.4, 0.5) is 0 Å². The summed E-state index contributed by atoms with van der Waals surface area (Å²) in [6, 6.07) is 9.41. The Morgan fingerprint density at radius 1 is 1.11 bits per heavy atom. The fraction of sp³-hybridized carbons (Fsp3) is 0.357. The van der Waals surface area contributed by atoms with Gasteiger partial charge >= 0.3 is 0 Å². The minimum absolute atomic E-state index is 0.425. The molecule has 0 spiro atoms. The number of nitrogens with two attached hydrogens (primary N) is 1. The summed E-state index contributed by atoms with van der Waals surface area (Å²) >= 11 is 0. The van der Waals surface area contributed by atoms with Crippen LogP contribution in [-0.2, 0) is 0 Å². The number of benzene rings is 1. The summed E-state index contributed by atoms with van der Waals surface area (Å²) in [6.45, 7) is 2.50. The second-order valence-electron chi connectivity index (χ2n) is 4.45. The molecule has 2 aromatic rings. The van der Waals surface area contributed by atoms with Gasteiger partial charge in [-0.2, -0.15) is 0 Å². The van der Waals surface area contributed by atoms with Gasteiger partial charge in [0, 0.05) is 10.9 Å². The first kappa shape index (κ1) is 12.6. The third kappa shape index (κ3) is 3.34. The summed E-state index contributed by atoms with van der Waals surface area (Å²) in [5.74, 6) is -0.425. The Hall–Kier alpha value is -1.81. The lowest BCUT2D eigenvalue weighted by Gasteiger charge is -2.08. The molecule has 4 nitrogen and oxygen atoms in total. The molecular formula is C14H19N3O. The van der Waals surface area contributed by atoms with Gasteiger partial charge in [-0.1, -0.05) is 24.6 Å². The largest absolute Gasteiger partial charge is 0.364 e. The zero-order chi connectivity index (χ0) is 12.8. The normalized spacial score (nSPS) is 14.9. The zero-order valence-electron chi connectivity index (χ0n) is 10.4. The van der Waals surface area contributed by atoms with Crippen molar-refractivity contribution in [2.75, 3.05) is 13.1 Å². The minimum Gasteiger partial charge on any atom is -0.364 e. The third-order valence-corrected chi connectivity index (χ3v) is 3.00. The molecule has 96 valence electrons. The van der Waals surface area contributed by atoms with Gasteiger partial charge in [-0.15, -0.1) is 0 Å². The molecule has 1 aliphatic heterocycles. The van der Waals surface area contributed by atoms with Crippen molar-refractivity contribution in [3.05, 3.63) is 36.0 Å². The number of hydrogen-bond acceptors (Lipinski definition) is 2. The summed E-state index contributed by atoms with van der Waals surface area (Å²) < 4.78 is 0. The number of rotatable bonds is 1. The molecule has 2 heterocycles. The maximum Gasteiger partial charge on any atom is 0.265 e. The molecular weight excluding hydrogens is 226 g/mol. The Labute approximate surface area is 107 Å². The molecule has 0 radical (unpaired) electrons. The molecule has 0 aliphatic carbocycles. The highest BCUT2D eigenvalue weighted by molar-refractivity contribution is 5.96. The van der Waals surface area contributed by atoms with Gasteiger partial charge in [-0.3, -0.25) is 4.79 Å². The lowest BCUT2D eigenvalue weighted by atomic mass is 10.2. The number of amides is 1. The van der Waals surface area contributed by atoms with Gasteiger partial charge in [-0.25, -0.2) is 0 Å². The summed E-state index contributed by atoms with van der Waals surface area (Å²) in [7, 11) is 0. The average Bonchev–Trinajstić information content (AvgIpc) is 2.85. The number of primary amides is 1. The van der Waals surface area contributed by atoms with Gasteiger partial charge in [0.1, 0.15) is 5.69 Å². The van der Waals surface area contributed by atoms with Crippen molar-refractivity contribution >= 4 is 16.8 Å². The van der Waals surface area contributed by atoms with E-state index in [4.69, 9.17) is 5.73 Å². The quantitative estimate of drug-likeness (QED) is 0.719. The molecule has 18 heavy (non-hydrogen) atoms. The van der Waals surface area contributed by atoms with Gasteiger partial charge in [0.05, 0.1) is 0 Å². The molecule has 1 fully saturated rings. The predicted molar refractivity (Wildman–Crippen MR) is 73.5 cm³/mol. The fourth-order valence-electron chi connectivity index (χ4n) is 2.01. The number of para-hydroxylation sites is 1. The van der Waals surface area contributed by atoms with E-state index in [1.807, 2.05) is 24.3 Å². The van der Waals surface area contributed by atoms with E-state index >= 15 is 0 Å². The van der Waals surface area contributed by atoms with E-state index in [0.717, 1.165) is 10.9 Å². The third-order valence-electron chi connectivity index (χ3n) is 3.00. The Bertz CT molecular complexity index is 470. The first-order valence-corrected chi connectivity index (χ1v) is 6.35. The van der Waals surface area contributed by atoms with Gasteiger partial charge in [0.25, 0.3) is 5.91 Å². The van der Waals surface area contributed by atoms with Crippen molar-refractivity contribution in [3.8, 4) is 0 Å². The highest BCUT2D eigenvalue weighted by Gasteiger charge is 2.03. The maximum absolute atomic E-state index is 10.8. The molecule has 4 heteroatoms. The number of hydrogen-bond donors (Lipinski definition) is 3. The molecule has 3 rings (SSSR count). The van der Waals surface area contributed by atoms with E-state index in [1.54, 1.807) is 6.07 Å². The van der Waals surface area contributed by atoms with E-state index in [0.29, 0.717) is 5.69 Å². The number of fused-ring (bicyclic) bond motifs is 1. The van der Waals surface area contributed by atoms with Gasteiger partial charge in [0.2, 0.25) is 0 Å². The lowest BCUT2D eigenvalue weighted by Crippen LogP contribution is -2.21. The van der Waals surface area contributed by atoms with Gasteiger partial charge in [0.15, 0.2) is 0 Å². The average molecular weight is 245 g/mol. The number of nitrogens with one attached hydrogen (secondary N) is 2. The predicted octanol–water partition coefficient (Wildman–Crippen LogP) is 2.03. The molecule has 1 aromatic heterocycles. The highest BCUT2D eigenvalue weighted by atomic mass is 16.1. The minimum atomic E-state index is -0.425. The van der Waals surface area contributed by atoms with Crippen molar-refractivity contribution in [2.24, 2.45) is 5.73 Å². The van der Waals surface area contributed by atoms with Crippen LogP contribution in [0.5, 0.6) is 0 Å². The molecule has 1 saturated heterocycles. The molecule has 1 aromatic carbocycles. The molecule has 4 N–H and O–H groups in total. The van der Waals surface area contributed by atoms with Gasteiger partial charge in [-0.05, 0) is 38.1 Å². The summed E-state index contributed by atoms with van der Waals surface area (Å²) in [6.07, 6.45) is 4.22. The Morgan fingerprint density at radius 3 is 2.33 bits per heavy atom. The standard InChI is InChI=1S/C9H8N2O.C5H11N/c10-9(12)8-5-6-3-1-2-4-7(6)11-8;1-2-4-6-5-3-1/h1-5,11H,(H2,10,12);6H,1-5H2. The molecule has 0 unspecified atom stereocenters. The van der Waals surface area contributed by atoms with Crippen molar-refractivity contribution in [3.63, 3.8) is 0 Å². The second-order valence-corrected chi connectivity index (χ2v) is 4.45. The van der Waals surface area contributed by atoms with E-state index in [2.05, 4.69) is 10.3 Å². The fourth-order valence-corrected chi connectivity index (χ4v) is 2.01. The maximum atomic E-state index is 10.8. The van der Waals surface area contributed by atoms with Crippen LogP contribution in [0.2, 0.25) is 0 Å². The van der Waals surface area contributed by atoms with E-state index < -0.39 is 5.91 Å². The summed E-state index contributed by atoms with van der Waals surface area (Å²) in [4.78, 5) is 13.7. The number of carbonyl (C=O) groups excluding carboxylic acids is 1. The molecule has 0 bridgehead atoms. The zero-order valence-corrected chi connectivity index (χ0v) is 10.4. The van der Waals surface area contributed by atoms with E-state index in [1.165, 1.54) is 32.4 Å². The first-order valence-electron chi connectivity index (χ1n) is 6.35. The number of piperidine rings is 1. The van der Waals surface area contributed by atoms with E-state index in [-0.39, 0.29) is 0 Å². The van der Waals surface area contributed by atoms with Crippen LogP contribution >= 0.6 is 0 Å². The van der Waals surface area contributed by atoms with Crippen LogP contribution in [0, 0.1) is 0 Å². The molecule has 0 saturated carbocycles. The molecule has 1 aliphatic rings. The molecule has 0 atom stereocenters. The van der Waals surface area contributed by atoms with Gasteiger partial charge < -0.3 is 16.0 Å². The van der Waals surface area contributed by atoms with Crippen molar-refractivity contribution in [2.45, 2.75) is 19.3 Å². The monoisotopic (exact) mass is 245 g/mol.